The number of rotatable bonds is 4. The molecule has 0 aliphatic heterocycles. The first kappa shape index (κ1) is 15.4. The highest BCUT2D eigenvalue weighted by atomic mass is 32.2. The van der Waals surface area contributed by atoms with Gasteiger partial charge in [-0.2, -0.15) is 9.36 Å². The van der Waals surface area contributed by atoms with E-state index in [1.807, 2.05) is 30.3 Å². The van der Waals surface area contributed by atoms with Crippen molar-refractivity contribution in [3.8, 4) is 0 Å². The third-order valence-electron chi connectivity index (χ3n) is 2.95. The molecule has 23 heavy (non-hydrogen) atoms. The summed E-state index contributed by atoms with van der Waals surface area (Å²) in [6.07, 6.45) is 1.55. The molecule has 8 heteroatoms. The topological polar surface area (TPSA) is 76.9 Å². The Kier molecular flexibility index (Phi) is 4.54. The summed E-state index contributed by atoms with van der Waals surface area (Å²) in [5.74, 6) is -0.380. The highest BCUT2D eigenvalue weighted by Gasteiger charge is 2.11. The zero-order valence-electron chi connectivity index (χ0n) is 12.1. The van der Waals surface area contributed by atoms with Gasteiger partial charge in [-0.15, -0.1) is 0 Å². The third kappa shape index (κ3) is 3.85. The van der Waals surface area contributed by atoms with Crippen LogP contribution in [0.15, 0.2) is 63.5 Å². The van der Waals surface area contributed by atoms with E-state index < -0.39 is 0 Å². The second kappa shape index (κ2) is 6.76. The molecule has 3 aromatic rings. The number of anilines is 1. The molecule has 0 aliphatic carbocycles. The van der Waals surface area contributed by atoms with Crippen LogP contribution in [-0.2, 0) is 7.05 Å². The Morgan fingerprint density at radius 2 is 2.04 bits per heavy atom. The van der Waals surface area contributed by atoms with Gasteiger partial charge in [0.15, 0.2) is 0 Å². The van der Waals surface area contributed by atoms with Gasteiger partial charge in [0.1, 0.15) is 0 Å². The zero-order valence-corrected chi connectivity index (χ0v) is 13.7. The van der Waals surface area contributed by atoms with Gasteiger partial charge in [0, 0.05) is 41.3 Å². The van der Waals surface area contributed by atoms with Gasteiger partial charge in [-0.3, -0.25) is 14.9 Å². The fourth-order valence-electron chi connectivity index (χ4n) is 1.76. The maximum absolute atomic E-state index is 12.1. The molecule has 1 amide bonds. The Balaban J connectivity index is 1.70. The molecule has 0 radical (unpaired) electrons. The zero-order chi connectivity index (χ0) is 16.2. The Morgan fingerprint density at radius 1 is 1.26 bits per heavy atom. The summed E-state index contributed by atoms with van der Waals surface area (Å²) in [4.78, 5) is 29.0. The van der Waals surface area contributed by atoms with Crippen molar-refractivity contribution in [3.05, 3.63) is 64.6 Å². The summed E-state index contributed by atoms with van der Waals surface area (Å²) in [7, 11) is 1.63. The lowest BCUT2D eigenvalue weighted by Crippen LogP contribution is -2.19. The molecule has 0 spiro atoms. The second-order valence-corrected chi connectivity index (χ2v) is 6.41. The normalized spacial score (nSPS) is 10.5. The number of hydrogen-bond acceptors (Lipinski definition) is 6. The van der Waals surface area contributed by atoms with Gasteiger partial charge in [-0.05, 0) is 30.0 Å². The molecule has 0 saturated carbocycles. The summed E-state index contributed by atoms with van der Waals surface area (Å²) in [5.41, 5.74) is 0.0517. The van der Waals surface area contributed by atoms with Crippen LogP contribution in [0.4, 0.5) is 5.13 Å². The van der Waals surface area contributed by atoms with E-state index in [9.17, 15) is 9.59 Å². The van der Waals surface area contributed by atoms with E-state index in [1.54, 1.807) is 19.3 Å². The SMILES string of the molecule is Cn1ccc(C(=O)Nc2nc(Sc3ccccc3)ns2)cc1=O. The number of aryl methyl sites for hydroxylation is 1. The number of amides is 1. The van der Waals surface area contributed by atoms with Gasteiger partial charge >= 0.3 is 0 Å². The number of aromatic nitrogens is 3. The van der Waals surface area contributed by atoms with Crippen LogP contribution in [-0.4, -0.2) is 19.8 Å². The lowest BCUT2D eigenvalue weighted by Gasteiger charge is -2.02. The first-order chi connectivity index (χ1) is 11.1. The van der Waals surface area contributed by atoms with E-state index >= 15 is 0 Å². The molecule has 1 aromatic carbocycles. The first-order valence-electron chi connectivity index (χ1n) is 6.66. The van der Waals surface area contributed by atoms with Crippen LogP contribution in [0, 0.1) is 0 Å². The molecule has 6 nitrogen and oxygen atoms in total. The van der Waals surface area contributed by atoms with Crippen LogP contribution in [0.2, 0.25) is 0 Å². The van der Waals surface area contributed by atoms with Crippen molar-refractivity contribution in [2.75, 3.05) is 5.32 Å². The predicted octanol–water partition coefficient (Wildman–Crippen LogP) is 2.64. The van der Waals surface area contributed by atoms with Crippen molar-refractivity contribution < 1.29 is 4.79 Å². The minimum absolute atomic E-state index is 0.241. The molecule has 116 valence electrons. The van der Waals surface area contributed by atoms with E-state index in [1.165, 1.54) is 22.4 Å². The van der Waals surface area contributed by atoms with Crippen LogP contribution in [0.5, 0.6) is 0 Å². The molecule has 0 saturated heterocycles. The number of carbonyl (C=O) groups excluding carboxylic acids is 1. The van der Waals surface area contributed by atoms with Gasteiger partial charge in [0.25, 0.3) is 11.5 Å². The van der Waals surface area contributed by atoms with Crippen molar-refractivity contribution in [3.63, 3.8) is 0 Å². The summed E-state index contributed by atoms with van der Waals surface area (Å²) >= 11 is 2.52. The van der Waals surface area contributed by atoms with Crippen LogP contribution in [0.3, 0.4) is 0 Å². The summed E-state index contributed by atoms with van der Waals surface area (Å²) in [6, 6.07) is 12.6. The number of hydrogen-bond donors (Lipinski definition) is 1. The lowest BCUT2D eigenvalue weighted by atomic mass is 10.2. The van der Waals surface area contributed by atoms with Crippen molar-refractivity contribution in [2.45, 2.75) is 10.1 Å². The number of nitrogens with one attached hydrogen (secondary N) is 1. The third-order valence-corrected chi connectivity index (χ3v) is 4.57. The van der Waals surface area contributed by atoms with Gasteiger partial charge in [-0.1, -0.05) is 18.2 Å². The van der Waals surface area contributed by atoms with Crippen molar-refractivity contribution in [2.24, 2.45) is 7.05 Å². The van der Waals surface area contributed by atoms with Crippen molar-refractivity contribution in [1.29, 1.82) is 0 Å². The molecule has 0 fully saturated rings. The van der Waals surface area contributed by atoms with Crippen molar-refractivity contribution in [1.82, 2.24) is 13.9 Å². The van der Waals surface area contributed by atoms with Crippen LogP contribution in [0.1, 0.15) is 10.4 Å². The number of carbonyl (C=O) groups is 1. The van der Waals surface area contributed by atoms with Crippen LogP contribution < -0.4 is 10.9 Å². The highest BCUT2D eigenvalue weighted by Crippen LogP contribution is 2.27. The maximum atomic E-state index is 12.1. The molecule has 2 aromatic heterocycles. The van der Waals surface area contributed by atoms with Crippen LogP contribution >= 0.6 is 23.3 Å². The van der Waals surface area contributed by atoms with Gasteiger partial charge in [0.2, 0.25) is 10.3 Å². The molecular formula is C15H12N4O2S2. The molecule has 0 aliphatic rings. The van der Waals surface area contributed by atoms with E-state index in [0.29, 0.717) is 15.9 Å². The second-order valence-electron chi connectivity index (χ2n) is 4.62. The molecule has 0 atom stereocenters. The average molecular weight is 344 g/mol. The minimum atomic E-state index is -0.380. The largest absolute Gasteiger partial charge is 0.319 e. The fraction of sp³-hybridized carbons (Fsp3) is 0.0667. The average Bonchev–Trinajstić information content (AvgIpc) is 2.98. The summed E-state index contributed by atoms with van der Waals surface area (Å²) in [5, 5.41) is 3.62. The van der Waals surface area contributed by atoms with Crippen LogP contribution in [0.25, 0.3) is 0 Å². The first-order valence-corrected chi connectivity index (χ1v) is 8.25. The smallest absolute Gasteiger partial charge is 0.257 e. The predicted molar refractivity (Wildman–Crippen MR) is 90.1 cm³/mol. The Labute approximate surface area is 140 Å². The van der Waals surface area contributed by atoms with Gasteiger partial charge in [0.05, 0.1) is 0 Å². The number of nitrogens with zero attached hydrogens (tertiary/aromatic N) is 3. The molecule has 0 bridgehead atoms. The maximum Gasteiger partial charge on any atom is 0.257 e. The standard InChI is InChI=1S/C15H12N4O2S2/c1-19-8-7-10(9-12(19)20)13(21)16-14-17-15(18-23-14)22-11-5-3-2-4-6-11/h2-9H,1H3,(H,16,17,18,21). The van der Waals surface area contributed by atoms with Gasteiger partial charge < -0.3 is 4.57 Å². The van der Waals surface area contributed by atoms with Crippen molar-refractivity contribution >= 4 is 34.3 Å². The molecule has 2 heterocycles. The lowest BCUT2D eigenvalue weighted by molar-refractivity contribution is 0.102. The van der Waals surface area contributed by atoms with E-state index in [-0.39, 0.29) is 11.5 Å². The van der Waals surface area contributed by atoms with E-state index in [2.05, 4.69) is 14.7 Å². The Bertz CT molecular complexity index is 890. The van der Waals surface area contributed by atoms with E-state index in [4.69, 9.17) is 0 Å². The quantitative estimate of drug-likeness (QED) is 0.787. The summed E-state index contributed by atoms with van der Waals surface area (Å²) in [6.45, 7) is 0. The Hall–Kier alpha value is -2.45. The monoisotopic (exact) mass is 344 g/mol. The fourth-order valence-corrected chi connectivity index (χ4v) is 3.19. The molecule has 3 rings (SSSR count). The number of benzene rings is 1. The summed E-state index contributed by atoms with van der Waals surface area (Å²) < 4.78 is 5.60. The Morgan fingerprint density at radius 3 is 2.78 bits per heavy atom. The van der Waals surface area contributed by atoms with E-state index in [0.717, 1.165) is 16.4 Å². The highest BCUT2D eigenvalue weighted by molar-refractivity contribution is 7.99. The minimum Gasteiger partial charge on any atom is -0.319 e. The molecular weight excluding hydrogens is 332 g/mol. The number of pyridine rings is 1. The molecule has 0 unspecified atom stereocenters. The molecule has 1 N–H and O–H groups in total. The van der Waals surface area contributed by atoms with Gasteiger partial charge in [-0.25, -0.2) is 0 Å².